The standard InChI is InChI=1S/C17H14N4OS/c1-12-16(11-18-13-7-9-14(20-22)10-8-13)17(23)21(19-12)15-5-3-2-4-6-15/h2-11,19H,1H3. The van der Waals surface area contributed by atoms with Crippen molar-refractivity contribution in [3.63, 3.8) is 0 Å². The van der Waals surface area contributed by atoms with E-state index in [4.69, 9.17) is 12.2 Å². The molecule has 0 aliphatic heterocycles. The first-order valence-electron chi connectivity index (χ1n) is 7.03. The Balaban J connectivity index is 1.94. The summed E-state index contributed by atoms with van der Waals surface area (Å²) in [6, 6.07) is 16.6. The van der Waals surface area contributed by atoms with Crippen LogP contribution < -0.4 is 0 Å². The van der Waals surface area contributed by atoms with E-state index in [1.807, 2.05) is 41.9 Å². The summed E-state index contributed by atoms with van der Waals surface area (Å²) in [7, 11) is 0. The summed E-state index contributed by atoms with van der Waals surface area (Å²) in [5.74, 6) is 0. The maximum absolute atomic E-state index is 10.4. The molecule has 1 aromatic heterocycles. The first kappa shape index (κ1) is 15.1. The number of para-hydroxylation sites is 1. The van der Waals surface area contributed by atoms with E-state index in [0.29, 0.717) is 10.3 Å². The van der Waals surface area contributed by atoms with E-state index in [1.54, 1.807) is 30.5 Å². The lowest BCUT2D eigenvalue weighted by Gasteiger charge is -2.01. The number of nitrogens with zero attached hydrogens (tertiary/aromatic N) is 3. The van der Waals surface area contributed by atoms with E-state index in [-0.39, 0.29) is 0 Å². The average molecular weight is 322 g/mol. The number of aliphatic imine (C=N–C) groups is 1. The molecule has 0 spiro atoms. The van der Waals surface area contributed by atoms with Crippen LogP contribution in [0.4, 0.5) is 11.4 Å². The van der Waals surface area contributed by atoms with Gasteiger partial charge in [-0.1, -0.05) is 30.4 Å². The van der Waals surface area contributed by atoms with Crippen molar-refractivity contribution in [2.75, 3.05) is 0 Å². The van der Waals surface area contributed by atoms with Crippen LogP contribution in [0.2, 0.25) is 0 Å². The molecule has 114 valence electrons. The van der Waals surface area contributed by atoms with Crippen LogP contribution >= 0.6 is 12.2 Å². The Morgan fingerprint density at radius 3 is 2.35 bits per heavy atom. The number of aryl methyl sites for hydroxylation is 1. The van der Waals surface area contributed by atoms with Crippen LogP contribution in [0.1, 0.15) is 11.3 Å². The zero-order chi connectivity index (χ0) is 16.2. The van der Waals surface area contributed by atoms with E-state index < -0.39 is 0 Å². The van der Waals surface area contributed by atoms with Crippen LogP contribution in [0.15, 0.2) is 64.8 Å². The zero-order valence-corrected chi connectivity index (χ0v) is 13.2. The predicted molar refractivity (Wildman–Crippen MR) is 94.8 cm³/mol. The Morgan fingerprint density at radius 2 is 1.70 bits per heavy atom. The van der Waals surface area contributed by atoms with Gasteiger partial charge in [0.25, 0.3) is 0 Å². The summed E-state index contributed by atoms with van der Waals surface area (Å²) >= 11 is 5.53. The minimum Gasteiger partial charge on any atom is -0.297 e. The number of rotatable bonds is 4. The molecule has 6 heteroatoms. The van der Waals surface area contributed by atoms with Gasteiger partial charge in [0.2, 0.25) is 0 Å². The van der Waals surface area contributed by atoms with Gasteiger partial charge in [-0.05, 0) is 48.5 Å². The Labute approximate surface area is 138 Å². The number of H-pyrrole nitrogens is 1. The van der Waals surface area contributed by atoms with E-state index >= 15 is 0 Å². The second-order valence-corrected chi connectivity index (χ2v) is 5.38. The Hall–Kier alpha value is -2.86. The maximum atomic E-state index is 10.4. The summed E-state index contributed by atoms with van der Waals surface area (Å²) < 4.78 is 2.52. The van der Waals surface area contributed by atoms with Gasteiger partial charge in [0.05, 0.1) is 16.9 Å². The minimum absolute atomic E-state index is 0.382. The first-order valence-corrected chi connectivity index (χ1v) is 7.44. The van der Waals surface area contributed by atoms with Crippen LogP contribution in [-0.4, -0.2) is 16.0 Å². The molecule has 2 aromatic carbocycles. The molecule has 0 aliphatic carbocycles. The lowest BCUT2D eigenvalue weighted by atomic mass is 10.2. The van der Waals surface area contributed by atoms with Crippen molar-refractivity contribution in [1.29, 1.82) is 0 Å². The number of hydrogen-bond donors (Lipinski definition) is 1. The molecule has 0 atom stereocenters. The van der Waals surface area contributed by atoms with E-state index in [1.165, 1.54) is 0 Å². The molecule has 0 saturated heterocycles. The molecule has 1 heterocycles. The van der Waals surface area contributed by atoms with Crippen LogP contribution in [0.25, 0.3) is 5.69 Å². The van der Waals surface area contributed by atoms with Gasteiger partial charge in [0.15, 0.2) is 0 Å². The van der Waals surface area contributed by atoms with E-state index in [2.05, 4.69) is 15.3 Å². The number of benzene rings is 2. The molecule has 0 aliphatic rings. The maximum Gasteiger partial charge on any atom is 0.136 e. The van der Waals surface area contributed by atoms with Crippen LogP contribution in [-0.2, 0) is 0 Å². The van der Waals surface area contributed by atoms with Gasteiger partial charge in [-0.3, -0.25) is 10.1 Å². The SMILES string of the molecule is Cc1[nH]n(-c2ccccc2)c(=S)c1C=Nc1ccc(N=O)cc1. The highest BCUT2D eigenvalue weighted by Crippen LogP contribution is 2.19. The largest absolute Gasteiger partial charge is 0.297 e. The molecule has 3 aromatic rings. The van der Waals surface area contributed by atoms with Crippen molar-refractivity contribution in [3.05, 3.63) is 75.4 Å². The van der Waals surface area contributed by atoms with Gasteiger partial charge in [-0.25, -0.2) is 4.68 Å². The average Bonchev–Trinajstić information content (AvgIpc) is 2.88. The molecule has 0 fully saturated rings. The minimum atomic E-state index is 0.382. The number of aromatic amines is 1. The molecular formula is C17H14N4OS. The normalized spacial score (nSPS) is 11.0. The van der Waals surface area contributed by atoms with Gasteiger partial charge in [-0.2, -0.15) is 0 Å². The van der Waals surface area contributed by atoms with Crippen LogP contribution in [0, 0.1) is 16.5 Å². The van der Waals surface area contributed by atoms with Gasteiger partial charge < -0.3 is 0 Å². The smallest absolute Gasteiger partial charge is 0.136 e. The third-order valence-electron chi connectivity index (χ3n) is 3.43. The summed E-state index contributed by atoms with van der Waals surface area (Å²) in [4.78, 5) is 14.8. The highest BCUT2D eigenvalue weighted by atomic mass is 32.1. The first-order chi connectivity index (χ1) is 11.2. The van der Waals surface area contributed by atoms with E-state index in [0.717, 1.165) is 22.6 Å². The number of hydrogen-bond acceptors (Lipinski definition) is 4. The third kappa shape index (κ3) is 3.17. The summed E-state index contributed by atoms with van der Waals surface area (Å²) in [6.07, 6.45) is 1.73. The third-order valence-corrected chi connectivity index (χ3v) is 3.83. The highest BCUT2D eigenvalue weighted by molar-refractivity contribution is 7.71. The van der Waals surface area contributed by atoms with Gasteiger partial charge in [0.1, 0.15) is 10.3 Å². The monoisotopic (exact) mass is 322 g/mol. The topological polar surface area (TPSA) is 62.5 Å². The number of nitrogens with one attached hydrogen (secondary N) is 1. The second kappa shape index (κ2) is 6.50. The summed E-state index contributed by atoms with van der Waals surface area (Å²) in [5, 5.41) is 6.12. The fourth-order valence-corrected chi connectivity index (χ4v) is 2.57. The van der Waals surface area contributed by atoms with Gasteiger partial charge in [-0.15, -0.1) is 4.91 Å². The molecule has 23 heavy (non-hydrogen) atoms. The lowest BCUT2D eigenvalue weighted by Crippen LogP contribution is -1.95. The molecule has 0 bridgehead atoms. The molecule has 0 radical (unpaired) electrons. The molecular weight excluding hydrogens is 308 g/mol. The summed E-state index contributed by atoms with van der Waals surface area (Å²) in [6.45, 7) is 1.95. The zero-order valence-electron chi connectivity index (χ0n) is 12.4. The second-order valence-electron chi connectivity index (χ2n) is 4.99. The van der Waals surface area contributed by atoms with E-state index in [9.17, 15) is 4.91 Å². The fourth-order valence-electron chi connectivity index (χ4n) is 2.21. The van der Waals surface area contributed by atoms with Crippen LogP contribution in [0.5, 0.6) is 0 Å². The summed E-state index contributed by atoms with van der Waals surface area (Å²) in [5.41, 5.74) is 3.89. The Kier molecular flexibility index (Phi) is 4.25. The van der Waals surface area contributed by atoms with Crippen molar-refractivity contribution in [2.24, 2.45) is 10.2 Å². The van der Waals surface area contributed by atoms with Crippen LogP contribution in [0.3, 0.4) is 0 Å². The lowest BCUT2D eigenvalue weighted by molar-refractivity contribution is 0.853. The van der Waals surface area contributed by atoms with Crippen molar-refractivity contribution < 1.29 is 0 Å². The van der Waals surface area contributed by atoms with Crippen molar-refractivity contribution in [3.8, 4) is 5.69 Å². The quantitative estimate of drug-likeness (QED) is 0.418. The molecule has 1 N–H and O–H groups in total. The fraction of sp³-hybridized carbons (Fsp3) is 0.0588. The van der Waals surface area contributed by atoms with Crippen molar-refractivity contribution >= 4 is 29.8 Å². The van der Waals surface area contributed by atoms with Crippen molar-refractivity contribution in [2.45, 2.75) is 6.92 Å². The number of aromatic nitrogens is 2. The molecule has 0 amide bonds. The molecule has 0 saturated carbocycles. The van der Waals surface area contributed by atoms with Crippen molar-refractivity contribution in [1.82, 2.24) is 9.78 Å². The number of nitroso groups, excluding NO2 is 1. The van der Waals surface area contributed by atoms with Gasteiger partial charge >= 0.3 is 0 Å². The molecule has 5 nitrogen and oxygen atoms in total. The Morgan fingerprint density at radius 1 is 1.04 bits per heavy atom. The molecule has 3 rings (SSSR count). The molecule has 0 unspecified atom stereocenters. The highest BCUT2D eigenvalue weighted by Gasteiger charge is 2.07. The van der Waals surface area contributed by atoms with Gasteiger partial charge in [0, 0.05) is 11.9 Å². The Bertz CT molecular complexity index is 908. The predicted octanol–water partition coefficient (Wildman–Crippen LogP) is 4.99.